The van der Waals surface area contributed by atoms with E-state index >= 15 is 0 Å². The van der Waals surface area contributed by atoms with Crippen LogP contribution in [0.15, 0.2) is 23.1 Å². The van der Waals surface area contributed by atoms with Crippen molar-refractivity contribution in [3.63, 3.8) is 0 Å². The molecule has 1 unspecified atom stereocenters. The van der Waals surface area contributed by atoms with Crippen LogP contribution >= 0.6 is 11.8 Å². The Morgan fingerprint density at radius 1 is 1.64 bits per heavy atom. The summed E-state index contributed by atoms with van der Waals surface area (Å²) in [4.78, 5) is 1.20. The van der Waals surface area contributed by atoms with Gasteiger partial charge < -0.3 is 10.0 Å². The van der Waals surface area contributed by atoms with E-state index in [-0.39, 0.29) is 5.82 Å². The standard InChI is InChI=1S/C7H11BO2S/c1-11-7-4-2-6(3-5-7)8(9)10/h2,4-6,9-10H,3H2,1H3. The van der Waals surface area contributed by atoms with E-state index in [1.807, 2.05) is 24.5 Å². The van der Waals surface area contributed by atoms with Gasteiger partial charge in [-0.2, -0.15) is 0 Å². The summed E-state index contributed by atoms with van der Waals surface area (Å²) in [7, 11) is -1.22. The van der Waals surface area contributed by atoms with Gasteiger partial charge in [-0.15, -0.1) is 11.8 Å². The molecule has 0 aromatic rings. The van der Waals surface area contributed by atoms with Gasteiger partial charge in [-0.25, -0.2) is 0 Å². The Morgan fingerprint density at radius 3 is 2.73 bits per heavy atom. The predicted octanol–water partition coefficient (Wildman–Crippen LogP) is 1.04. The minimum absolute atomic E-state index is 0.120. The van der Waals surface area contributed by atoms with Crippen molar-refractivity contribution in [3.8, 4) is 0 Å². The second-order valence-corrected chi connectivity index (χ2v) is 3.36. The molecule has 0 spiro atoms. The highest BCUT2D eigenvalue weighted by atomic mass is 32.2. The smallest absolute Gasteiger partial charge is 0.427 e. The number of thioether (sulfide) groups is 1. The van der Waals surface area contributed by atoms with Crippen LogP contribution in [-0.2, 0) is 0 Å². The molecule has 1 aliphatic rings. The van der Waals surface area contributed by atoms with Crippen molar-refractivity contribution in [1.29, 1.82) is 0 Å². The maximum absolute atomic E-state index is 8.80. The molecular formula is C7H11BO2S. The monoisotopic (exact) mass is 170 g/mol. The third-order valence-electron chi connectivity index (χ3n) is 1.72. The van der Waals surface area contributed by atoms with Gasteiger partial charge in [0.2, 0.25) is 0 Å². The Labute approximate surface area is 71.1 Å². The van der Waals surface area contributed by atoms with Crippen molar-refractivity contribution in [2.24, 2.45) is 0 Å². The first-order chi connectivity index (χ1) is 5.24. The Balaban J connectivity index is 2.50. The molecule has 0 saturated carbocycles. The molecule has 11 heavy (non-hydrogen) atoms. The van der Waals surface area contributed by atoms with Gasteiger partial charge in [0.05, 0.1) is 0 Å². The van der Waals surface area contributed by atoms with Crippen LogP contribution in [0.1, 0.15) is 6.42 Å². The van der Waals surface area contributed by atoms with Crippen LogP contribution in [-0.4, -0.2) is 23.4 Å². The van der Waals surface area contributed by atoms with E-state index in [9.17, 15) is 0 Å². The molecular weight excluding hydrogens is 159 g/mol. The van der Waals surface area contributed by atoms with Crippen LogP contribution in [0.4, 0.5) is 0 Å². The van der Waals surface area contributed by atoms with Gasteiger partial charge in [0.1, 0.15) is 0 Å². The van der Waals surface area contributed by atoms with E-state index in [1.54, 1.807) is 11.8 Å². The molecule has 0 aliphatic heterocycles. The zero-order chi connectivity index (χ0) is 8.27. The molecule has 0 bridgehead atoms. The molecule has 0 heterocycles. The molecule has 4 heteroatoms. The summed E-state index contributed by atoms with van der Waals surface area (Å²) in [5.41, 5.74) is 0. The lowest BCUT2D eigenvalue weighted by atomic mass is 9.70. The normalized spacial score (nSPS) is 23.2. The average Bonchev–Trinajstić information content (AvgIpc) is 2.05. The van der Waals surface area contributed by atoms with Crippen molar-refractivity contribution < 1.29 is 10.0 Å². The molecule has 2 N–H and O–H groups in total. The van der Waals surface area contributed by atoms with Crippen LogP contribution in [0.5, 0.6) is 0 Å². The molecule has 2 nitrogen and oxygen atoms in total. The van der Waals surface area contributed by atoms with Gasteiger partial charge in [0, 0.05) is 10.7 Å². The summed E-state index contributed by atoms with van der Waals surface area (Å²) in [5.74, 6) is -0.120. The topological polar surface area (TPSA) is 40.5 Å². The molecule has 0 radical (unpaired) electrons. The summed E-state index contributed by atoms with van der Waals surface area (Å²) < 4.78 is 0. The zero-order valence-corrected chi connectivity index (χ0v) is 7.21. The average molecular weight is 170 g/mol. The summed E-state index contributed by atoms with van der Waals surface area (Å²) in [6, 6.07) is 0. The highest BCUT2D eigenvalue weighted by Crippen LogP contribution is 2.26. The van der Waals surface area contributed by atoms with Crippen molar-refractivity contribution in [2.45, 2.75) is 12.2 Å². The largest absolute Gasteiger partial charge is 0.459 e. The molecule has 0 aromatic heterocycles. The third-order valence-corrected chi connectivity index (χ3v) is 2.49. The summed E-state index contributed by atoms with van der Waals surface area (Å²) in [6.07, 6.45) is 8.53. The quantitative estimate of drug-likeness (QED) is 0.608. The summed E-state index contributed by atoms with van der Waals surface area (Å²) >= 11 is 1.67. The lowest BCUT2D eigenvalue weighted by Gasteiger charge is -2.13. The first-order valence-corrected chi connectivity index (χ1v) is 4.75. The van der Waals surface area contributed by atoms with Crippen molar-refractivity contribution in [2.75, 3.05) is 6.26 Å². The number of hydrogen-bond acceptors (Lipinski definition) is 3. The van der Waals surface area contributed by atoms with Crippen LogP contribution in [0.3, 0.4) is 0 Å². The van der Waals surface area contributed by atoms with E-state index in [2.05, 4.69) is 0 Å². The van der Waals surface area contributed by atoms with Crippen LogP contribution in [0.2, 0.25) is 5.82 Å². The van der Waals surface area contributed by atoms with E-state index in [4.69, 9.17) is 10.0 Å². The van der Waals surface area contributed by atoms with E-state index < -0.39 is 7.12 Å². The highest BCUT2D eigenvalue weighted by Gasteiger charge is 2.20. The molecule has 0 aromatic carbocycles. The first-order valence-electron chi connectivity index (χ1n) is 3.52. The maximum atomic E-state index is 8.80. The Morgan fingerprint density at radius 2 is 2.36 bits per heavy atom. The Bertz CT molecular complexity index is 189. The predicted molar refractivity (Wildman–Crippen MR) is 49.3 cm³/mol. The lowest BCUT2D eigenvalue weighted by Crippen LogP contribution is -2.19. The summed E-state index contributed by atoms with van der Waals surface area (Å²) in [6.45, 7) is 0. The molecule has 60 valence electrons. The number of hydrogen-bond donors (Lipinski definition) is 2. The molecule has 1 rings (SSSR count). The first kappa shape index (κ1) is 8.91. The van der Waals surface area contributed by atoms with Crippen LogP contribution in [0.25, 0.3) is 0 Å². The second-order valence-electron chi connectivity index (χ2n) is 2.48. The van der Waals surface area contributed by atoms with Gasteiger partial charge in [-0.3, -0.25) is 0 Å². The fourth-order valence-corrected chi connectivity index (χ4v) is 1.47. The molecule has 0 saturated heterocycles. The van der Waals surface area contributed by atoms with Gasteiger partial charge in [-0.05, 0) is 12.7 Å². The number of allylic oxidation sites excluding steroid dienone is 3. The maximum Gasteiger partial charge on any atom is 0.459 e. The Kier molecular flexibility index (Phi) is 3.24. The second kappa shape index (κ2) is 4.00. The van der Waals surface area contributed by atoms with Crippen molar-refractivity contribution in [1.82, 2.24) is 0 Å². The molecule has 0 amide bonds. The van der Waals surface area contributed by atoms with E-state index in [1.165, 1.54) is 4.91 Å². The molecule has 1 aliphatic carbocycles. The fraction of sp³-hybridized carbons (Fsp3) is 0.429. The Hall–Kier alpha value is -0.185. The minimum atomic E-state index is -1.22. The van der Waals surface area contributed by atoms with Gasteiger partial charge >= 0.3 is 7.12 Å². The van der Waals surface area contributed by atoms with Gasteiger partial charge in [0.25, 0.3) is 0 Å². The lowest BCUT2D eigenvalue weighted by molar-refractivity contribution is 0.394. The van der Waals surface area contributed by atoms with Crippen molar-refractivity contribution >= 4 is 18.9 Å². The third kappa shape index (κ3) is 2.40. The SMILES string of the molecule is CSC1=CCC(B(O)O)C=C1. The number of rotatable bonds is 2. The van der Waals surface area contributed by atoms with Crippen LogP contribution in [0, 0.1) is 0 Å². The highest BCUT2D eigenvalue weighted by molar-refractivity contribution is 8.02. The molecule has 1 atom stereocenters. The summed E-state index contributed by atoms with van der Waals surface area (Å²) in [5, 5.41) is 17.6. The van der Waals surface area contributed by atoms with Crippen molar-refractivity contribution in [3.05, 3.63) is 23.1 Å². The van der Waals surface area contributed by atoms with E-state index in [0.717, 1.165) is 6.42 Å². The van der Waals surface area contributed by atoms with E-state index in [0.29, 0.717) is 0 Å². The zero-order valence-electron chi connectivity index (χ0n) is 6.40. The molecule has 0 fully saturated rings. The van der Waals surface area contributed by atoms with Crippen LogP contribution < -0.4 is 0 Å². The minimum Gasteiger partial charge on any atom is -0.427 e. The van der Waals surface area contributed by atoms with Gasteiger partial charge in [-0.1, -0.05) is 18.2 Å². The fourth-order valence-electron chi connectivity index (χ4n) is 0.990. The van der Waals surface area contributed by atoms with Gasteiger partial charge in [0.15, 0.2) is 0 Å².